The molecule has 0 unspecified atom stereocenters. The molecule has 0 heterocycles. The van der Waals surface area contributed by atoms with E-state index in [-0.39, 0.29) is 6.03 Å². The first-order valence-corrected chi connectivity index (χ1v) is 6.13. The van der Waals surface area contributed by atoms with Gasteiger partial charge in [0.1, 0.15) is 5.75 Å². The second kappa shape index (κ2) is 6.08. The van der Waals surface area contributed by atoms with E-state index >= 15 is 0 Å². The fraction of sp³-hybridized carbons (Fsp3) is 0.385. The second-order valence-corrected chi connectivity index (χ2v) is 4.46. The molecular formula is C13H16N2O4. The standard InChI is InChI=1S/C13H16N2O4/c16-12(17)8-19-11-4-2-1-3-10(11)15-13(18)14-7-9-5-6-9/h1-4,9H,5-8H2,(H,16,17)(H2,14,15,18). The number of carbonyl (C=O) groups excluding carboxylic acids is 1. The molecule has 0 saturated heterocycles. The van der Waals surface area contributed by atoms with E-state index in [1.165, 1.54) is 12.8 Å². The number of rotatable bonds is 6. The Morgan fingerprint density at radius 1 is 1.32 bits per heavy atom. The van der Waals surface area contributed by atoms with E-state index < -0.39 is 12.6 Å². The Bertz CT molecular complexity index is 471. The molecule has 0 atom stereocenters. The third-order valence-electron chi connectivity index (χ3n) is 2.73. The largest absolute Gasteiger partial charge is 0.480 e. The topological polar surface area (TPSA) is 87.7 Å². The maximum absolute atomic E-state index is 11.6. The van der Waals surface area contributed by atoms with Crippen molar-refractivity contribution in [3.8, 4) is 5.75 Å². The van der Waals surface area contributed by atoms with Crippen molar-refractivity contribution >= 4 is 17.7 Å². The van der Waals surface area contributed by atoms with E-state index in [0.717, 1.165) is 0 Å². The smallest absolute Gasteiger partial charge is 0.341 e. The van der Waals surface area contributed by atoms with Gasteiger partial charge in [0.2, 0.25) is 0 Å². The van der Waals surface area contributed by atoms with E-state index in [2.05, 4.69) is 10.6 Å². The summed E-state index contributed by atoms with van der Waals surface area (Å²) in [6.07, 6.45) is 2.33. The van der Waals surface area contributed by atoms with Gasteiger partial charge in [-0.1, -0.05) is 12.1 Å². The molecule has 0 bridgehead atoms. The van der Waals surface area contributed by atoms with Gasteiger partial charge in [-0.25, -0.2) is 9.59 Å². The average Bonchev–Trinajstić information content (AvgIpc) is 3.19. The SMILES string of the molecule is O=C(O)COc1ccccc1NC(=O)NCC1CC1. The molecule has 102 valence electrons. The van der Waals surface area contributed by atoms with Crippen LogP contribution in [-0.4, -0.2) is 30.3 Å². The van der Waals surface area contributed by atoms with Crippen LogP contribution in [0.1, 0.15) is 12.8 Å². The van der Waals surface area contributed by atoms with Crippen molar-refractivity contribution in [1.82, 2.24) is 5.32 Å². The molecule has 0 spiro atoms. The van der Waals surface area contributed by atoms with Gasteiger partial charge in [-0.15, -0.1) is 0 Å². The van der Waals surface area contributed by atoms with Gasteiger partial charge in [-0.3, -0.25) is 0 Å². The zero-order chi connectivity index (χ0) is 13.7. The summed E-state index contributed by atoms with van der Waals surface area (Å²) in [4.78, 5) is 22.1. The zero-order valence-electron chi connectivity index (χ0n) is 10.4. The molecule has 2 amide bonds. The van der Waals surface area contributed by atoms with Gasteiger partial charge in [0.15, 0.2) is 6.61 Å². The summed E-state index contributed by atoms with van der Waals surface area (Å²) < 4.78 is 5.10. The minimum atomic E-state index is -1.06. The summed E-state index contributed by atoms with van der Waals surface area (Å²) >= 11 is 0. The van der Waals surface area contributed by atoms with Crippen molar-refractivity contribution in [2.75, 3.05) is 18.5 Å². The predicted molar refractivity (Wildman–Crippen MR) is 69.3 cm³/mol. The number of aliphatic carboxylic acids is 1. The number of anilines is 1. The first-order valence-electron chi connectivity index (χ1n) is 6.13. The number of carboxylic acids is 1. The normalized spacial score (nSPS) is 13.7. The Balaban J connectivity index is 1.89. The molecule has 1 saturated carbocycles. The van der Waals surface area contributed by atoms with Gasteiger partial charge in [-0.2, -0.15) is 0 Å². The fourth-order valence-electron chi connectivity index (χ4n) is 1.56. The number of urea groups is 1. The highest BCUT2D eigenvalue weighted by Gasteiger charge is 2.21. The third kappa shape index (κ3) is 4.50. The quantitative estimate of drug-likeness (QED) is 0.729. The molecule has 3 N–H and O–H groups in total. The molecule has 19 heavy (non-hydrogen) atoms. The number of benzene rings is 1. The highest BCUT2D eigenvalue weighted by atomic mass is 16.5. The van der Waals surface area contributed by atoms with Crippen LogP contribution in [-0.2, 0) is 4.79 Å². The number of hydrogen-bond donors (Lipinski definition) is 3. The number of para-hydroxylation sites is 2. The van der Waals surface area contributed by atoms with Crippen LogP contribution < -0.4 is 15.4 Å². The summed E-state index contributed by atoms with van der Waals surface area (Å²) in [5, 5.41) is 14.0. The van der Waals surface area contributed by atoms with E-state index in [4.69, 9.17) is 9.84 Å². The molecule has 0 radical (unpaired) electrons. The Morgan fingerprint density at radius 2 is 2.05 bits per heavy atom. The Kier molecular flexibility index (Phi) is 4.22. The molecule has 1 aliphatic carbocycles. The van der Waals surface area contributed by atoms with E-state index in [0.29, 0.717) is 23.9 Å². The number of hydrogen-bond acceptors (Lipinski definition) is 3. The molecule has 1 aromatic carbocycles. The summed E-state index contributed by atoms with van der Waals surface area (Å²) in [5.41, 5.74) is 0.456. The van der Waals surface area contributed by atoms with Gasteiger partial charge < -0.3 is 20.5 Å². The predicted octanol–water partition coefficient (Wildman–Crippen LogP) is 1.68. The lowest BCUT2D eigenvalue weighted by molar-refractivity contribution is -0.139. The number of carboxylic acid groups (broad SMARTS) is 1. The third-order valence-corrected chi connectivity index (χ3v) is 2.73. The van der Waals surface area contributed by atoms with E-state index in [9.17, 15) is 9.59 Å². The van der Waals surface area contributed by atoms with Gasteiger partial charge in [0.05, 0.1) is 5.69 Å². The van der Waals surface area contributed by atoms with Crippen LogP contribution in [0.15, 0.2) is 24.3 Å². The van der Waals surface area contributed by atoms with E-state index in [1.807, 2.05) is 0 Å². The Morgan fingerprint density at radius 3 is 2.74 bits per heavy atom. The molecule has 1 aromatic rings. The summed E-state index contributed by atoms with van der Waals surface area (Å²) in [5.74, 6) is -0.122. The summed E-state index contributed by atoms with van der Waals surface area (Å²) in [7, 11) is 0. The Hall–Kier alpha value is -2.24. The van der Waals surface area contributed by atoms with Crippen LogP contribution in [0.2, 0.25) is 0 Å². The minimum absolute atomic E-state index is 0.307. The van der Waals surface area contributed by atoms with Gasteiger partial charge in [0, 0.05) is 6.54 Å². The van der Waals surface area contributed by atoms with E-state index in [1.54, 1.807) is 24.3 Å². The van der Waals surface area contributed by atoms with Crippen LogP contribution in [0.4, 0.5) is 10.5 Å². The van der Waals surface area contributed by atoms with Gasteiger partial charge >= 0.3 is 12.0 Å². The lowest BCUT2D eigenvalue weighted by atomic mass is 10.3. The van der Waals surface area contributed by atoms with Crippen LogP contribution in [0.5, 0.6) is 5.75 Å². The molecule has 6 heteroatoms. The lowest BCUT2D eigenvalue weighted by Crippen LogP contribution is -2.30. The van der Waals surface area contributed by atoms with Crippen LogP contribution >= 0.6 is 0 Å². The minimum Gasteiger partial charge on any atom is -0.480 e. The van der Waals surface area contributed by atoms with Crippen LogP contribution in [0.3, 0.4) is 0 Å². The first kappa shape index (κ1) is 13.2. The maximum Gasteiger partial charge on any atom is 0.341 e. The number of nitrogens with one attached hydrogen (secondary N) is 2. The van der Waals surface area contributed by atoms with Gasteiger partial charge in [-0.05, 0) is 30.9 Å². The van der Waals surface area contributed by atoms with Crippen molar-refractivity contribution in [2.45, 2.75) is 12.8 Å². The fourth-order valence-corrected chi connectivity index (χ4v) is 1.56. The molecular weight excluding hydrogens is 248 g/mol. The zero-order valence-corrected chi connectivity index (χ0v) is 10.4. The molecule has 0 aromatic heterocycles. The molecule has 1 aliphatic rings. The summed E-state index contributed by atoms with van der Waals surface area (Å²) in [6.45, 7) is 0.229. The van der Waals surface area contributed by atoms with Gasteiger partial charge in [0.25, 0.3) is 0 Å². The molecule has 1 fully saturated rings. The van der Waals surface area contributed by atoms with Crippen molar-refractivity contribution in [1.29, 1.82) is 0 Å². The number of amides is 2. The maximum atomic E-state index is 11.6. The van der Waals surface area contributed by atoms with Crippen LogP contribution in [0.25, 0.3) is 0 Å². The second-order valence-electron chi connectivity index (χ2n) is 4.46. The highest BCUT2D eigenvalue weighted by molar-refractivity contribution is 5.90. The van der Waals surface area contributed by atoms with Crippen molar-refractivity contribution in [2.24, 2.45) is 5.92 Å². The number of ether oxygens (including phenoxy) is 1. The van der Waals surface area contributed by atoms with Crippen molar-refractivity contribution in [3.05, 3.63) is 24.3 Å². The van der Waals surface area contributed by atoms with Crippen molar-refractivity contribution < 1.29 is 19.4 Å². The number of carbonyl (C=O) groups is 2. The monoisotopic (exact) mass is 264 g/mol. The average molecular weight is 264 g/mol. The van der Waals surface area contributed by atoms with Crippen molar-refractivity contribution in [3.63, 3.8) is 0 Å². The molecule has 6 nitrogen and oxygen atoms in total. The lowest BCUT2D eigenvalue weighted by Gasteiger charge is -2.11. The van der Waals surface area contributed by atoms with Crippen LogP contribution in [0, 0.1) is 5.92 Å². The highest BCUT2D eigenvalue weighted by Crippen LogP contribution is 2.27. The molecule has 2 rings (SSSR count). The molecule has 0 aliphatic heterocycles. The first-order chi connectivity index (χ1) is 9.15. The Labute approximate surface area is 110 Å². The summed E-state index contributed by atoms with van der Waals surface area (Å²) in [6, 6.07) is 6.42.